The number of aliphatic hydroxyl groups excluding tert-OH is 1. The van der Waals surface area contributed by atoms with Gasteiger partial charge in [-0.15, -0.1) is 0 Å². The number of ether oxygens (including phenoxy) is 5. The summed E-state index contributed by atoms with van der Waals surface area (Å²) >= 11 is 6.03. The van der Waals surface area contributed by atoms with Crippen molar-refractivity contribution in [1.29, 1.82) is 0 Å². The monoisotopic (exact) mass is 654 g/mol. The Bertz CT molecular complexity index is 1400. The molecule has 3 saturated heterocycles. The molecule has 4 heterocycles. The first-order valence-electron chi connectivity index (χ1n) is 16.7. The highest BCUT2D eigenvalue weighted by Gasteiger charge is 2.60. The molecule has 0 saturated carbocycles. The predicted molar refractivity (Wildman–Crippen MR) is 174 cm³/mol. The van der Waals surface area contributed by atoms with Crippen molar-refractivity contribution < 1.29 is 38.7 Å². The molecular weight excluding hydrogens is 608 g/mol. The fraction of sp³-hybridized carbons (Fsp3) is 0.595. The maximum absolute atomic E-state index is 14.3. The zero-order valence-corrected chi connectivity index (χ0v) is 27.9. The number of allylic oxidation sites excluding steroid dienone is 4. The second-order valence-electron chi connectivity index (χ2n) is 14.0. The lowest BCUT2D eigenvalue weighted by Gasteiger charge is -2.49. The molecule has 2 bridgehead atoms. The van der Waals surface area contributed by atoms with Crippen LogP contribution >= 0.6 is 11.6 Å². The molecule has 6 rings (SSSR count). The Balaban J connectivity index is 1.35. The molecule has 7 unspecified atom stereocenters. The molecule has 1 aromatic rings. The summed E-state index contributed by atoms with van der Waals surface area (Å²) in [4.78, 5) is 14.3. The van der Waals surface area contributed by atoms with Gasteiger partial charge in [-0.1, -0.05) is 61.4 Å². The summed E-state index contributed by atoms with van der Waals surface area (Å²) in [5, 5.41) is 24.4. The zero-order valence-electron chi connectivity index (χ0n) is 27.2. The largest absolute Gasteiger partial charge is 0.489 e. The van der Waals surface area contributed by atoms with Crippen molar-refractivity contribution in [3.63, 3.8) is 0 Å². The second kappa shape index (κ2) is 13.6. The molecule has 10 atom stereocenters. The highest BCUT2D eigenvalue weighted by atomic mass is 35.5. The van der Waals surface area contributed by atoms with Crippen molar-refractivity contribution in [3.8, 4) is 5.75 Å². The van der Waals surface area contributed by atoms with E-state index in [0.29, 0.717) is 47.1 Å². The van der Waals surface area contributed by atoms with E-state index in [1.807, 2.05) is 12.2 Å². The second-order valence-corrected chi connectivity index (χ2v) is 14.4. The first kappa shape index (κ1) is 33.4. The number of esters is 1. The number of benzene rings is 1. The Kier molecular flexibility index (Phi) is 9.87. The van der Waals surface area contributed by atoms with Gasteiger partial charge in [-0.3, -0.25) is 4.79 Å². The van der Waals surface area contributed by atoms with E-state index in [4.69, 9.17) is 35.3 Å². The number of rotatable bonds is 3. The molecule has 0 radical (unpaired) electrons. The van der Waals surface area contributed by atoms with E-state index in [1.54, 1.807) is 30.3 Å². The lowest BCUT2D eigenvalue weighted by atomic mass is 9.70. The Morgan fingerprint density at radius 2 is 1.89 bits per heavy atom. The van der Waals surface area contributed by atoms with E-state index >= 15 is 0 Å². The average Bonchev–Trinajstić information content (AvgIpc) is 3.35. The minimum Gasteiger partial charge on any atom is -0.489 e. The molecule has 250 valence electrons. The van der Waals surface area contributed by atoms with Crippen molar-refractivity contribution in [1.82, 2.24) is 0 Å². The molecular formula is C37H47ClO8. The molecule has 3 fully saturated rings. The summed E-state index contributed by atoms with van der Waals surface area (Å²) in [5.41, 5.74) is 0.424. The normalized spacial score (nSPS) is 42.9. The highest BCUT2D eigenvalue weighted by Crippen LogP contribution is 2.47. The van der Waals surface area contributed by atoms with Crippen molar-refractivity contribution in [2.24, 2.45) is 17.8 Å². The lowest BCUT2D eigenvalue weighted by molar-refractivity contribution is -0.332. The first-order chi connectivity index (χ1) is 22.0. The summed E-state index contributed by atoms with van der Waals surface area (Å²) < 4.78 is 31.5. The van der Waals surface area contributed by atoms with Crippen LogP contribution in [0.25, 0.3) is 0 Å². The van der Waals surface area contributed by atoms with Gasteiger partial charge >= 0.3 is 5.97 Å². The topological polar surface area (TPSA) is 104 Å². The van der Waals surface area contributed by atoms with Crippen molar-refractivity contribution in [2.45, 2.75) is 108 Å². The molecule has 1 spiro atoms. The minimum absolute atomic E-state index is 0.00294. The first-order valence-corrected chi connectivity index (χ1v) is 17.0. The third kappa shape index (κ3) is 6.89. The quantitative estimate of drug-likeness (QED) is 0.291. The molecule has 46 heavy (non-hydrogen) atoms. The number of hydrogen-bond acceptors (Lipinski definition) is 8. The van der Waals surface area contributed by atoms with Crippen LogP contribution in [0, 0.1) is 17.8 Å². The van der Waals surface area contributed by atoms with Gasteiger partial charge in [0.05, 0.1) is 18.8 Å². The third-order valence-corrected chi connectivity index (χ3v) is 10.6. The Morgan fingerprint density at radius 3 is 2.65 bits per heavy atom. The Labute approximate surface area is 277 Å². The number of aliphatic hydroxyl groups is 2. The van der Waals surface area contributed by atoms with E-state index in [9.17, 15) is 15.0 Å². The van der Waals surface area contributed by atoms with Crippen LogP contribution in [-0.4, -0.2) is 71.3 Å². The molecule has 0 amide bonds. The van der Waals surface area contributed by atoms with Gasteiger partial charge in [0.25, 0.3) is 0 Å². The number of fused-ring (bicyclic) bond motifs is 2. The van der Waals surface area contributed by atoms with Gasteiger partial charge in [-0.25, -0.2) is 0 Å². The van der Waals surface area contributed by atoms with Crippen molar-refractivity contribution in [3.05, 3.63) is 76.4 Å². The van der Waals surface area contributed by atoms with Crippen molar-refractivity contribution in [2.75, 3.05) is 13.2 Å². The van der Waals surface area contributed by atoms with Gasteiger partial charge in [-0.05, 0) is 80.4 Å². The minimum atomic E-state index is -1.80. The zero-order chi connectivity index (χ0) is 32.6. The Morgan fingerprint density at radius 1 is 1.11 bits per heavy atom. The summed E-state index contributed by atoms with van der Waals surface area (Å²) in [7, 11) is 0. The van der Waals surface area contributed by atoms with Crippen LogP contribution in [0.2, 0.25) is 5.02 Å². The number of carbonyl (C=O) groups is 1. The Hall–Kier alpha value is -2.46. The van der Waals surface area contributed by atoms with Crippen LogP contribution in [0.3, 0.4) is 0 Å². The van der Waals surface area contributed by atoms with Crippen LogP contribution in [0.15, 0.2) is 71.4 Å². The molecule has 2 N–H and O–H groups in total. The average molecular weight is 655 g/mol. The van der Waals surface area contributed by atoms with E-state index in [-0.39, 0.29) is 31.3 Å². The fourth-order valence-electron chi connectivity index (χ4n) is 7.59. The number of hydrogen-bond donors (Lipinski definition) is 2. The number of halogens is 1. The summed E-state index contributed by atoms with van der Waals surface area (Å²) in [5.74, 6) is -1.32. The number of carbonyl (C=O) groups excluding carboxylic acids is 1. The smallest absolute Gasteiger partial charge is 0.316 e. The van der Waals surface area contributed by atoms with Crippen LogP contribution in [0.4, 0.5) is 0 Å². The van der Waals surface area contributed by atoms with Crippen LogP contribution in [0.5, 0.6) is 5.75 Å². The maximum atomic E-state index is 14.3. The summed E-state index contributed by atoms with van der Waals surface area (Å²) in [6.07, 6.45) is 10.9. The van der Waals surface area contributed by atoms with Gasteiger partial charge in [0.2, 0.25) is 0 Å². The molecule has 4 aliphatic heterocycles. The van der Waals surface area contributed by atoms with E-state index in [2.05, 4.69) is 39.8 Å². The van der Waals surface area contributed by atoms with Gasteiger partial charge < -0.3 is 33.9 Å². The molecule has 8 nitrogen and oxygen atoms in total. The van der Waals surface area contributed by atoms with Crippen LogP contribution in [-0.2, 0) is 23.7 Å². The van der Waals surface area contributed by atoms with Crippen LogP contribution < -0.4 is 4.74 Å². The highest BCUT2D eigenvalue weighted by molar-refractivity contribution is 6.30. The van der Waals surface area contributed by atoms with E-state index in [1.165, 1.54) is 5.57 Å². The van der Waals surface area contributed by atoms with E-state index < -0.39 is 41.6 Å². The van der Waals surface area contributed by atoms with Gasteiger partial charge in [0.1, 0.15) is 42.2 Å². The molecule has 9 heteroatoms. The summed E-state index contributed by atoms with van der Waals surface area (Å²) in [6, 6.07) is 6.90. The maximum Gasteiger partial charge on any atom is 0.316 e. The SMILES string of the molecule is C/C1=C\CC2CC(CC3(CC[C@H](C)[C@@H](C)O3)O2)OC(=O)C2C=C(COc3ccc(Cl)cc3)[C@@H](O)C3OC/C(=C\C=C\C(C)C1)C23O. The standard InChI is InChI=1S/C37H47ClO8/c1-22-6-5-7-27-21-43-34-33(39)26(20-42-29-12-9-28(38)10-13-29)17-32(37(27,34)41)35(40)44-31-18-30(11-8-23(2)16-22)46-36(19-31)15-14-24(3)25(4)45-36/h5-10,12-13,17,22,24-25,30-34,39,41H,11,14-16,18-21H2,1-4H3/b6-5+,23-8+,27-7+/t22?,24-,25+,30?,31?,32?,33+,34?,36?,37?/m0/s1. The van der Waals surface area contributed by atoms with E-state index in [0.717, 1.165) is 19.3 Å². The molecule has 1 aromatic carbocycles. The fourth-order valence-corrected chi connectivity index (χ4v) is 7.72. The van der Waals surface area contributed by atoms with Crippen molar-refractivity contribution >= 4 is 17.6 Å². The molecule has 0 aromatic heterocycles. The van der Waals surface area contributed by atoms with Gasteiger partial charge in [0.15, 0.2) is 5.79 Å². The summed E-state index contributed by atoms with van der Waals surface area (Å²) in [6.45, 7) is 8.62. The molecule has 5 aliphatic rings. The van der Waals surface area contributed by atoms with Gasteiger partial charge in [-0.2, -0.15) is 0 Å². The van der Waals surface area contributed by atoms with Crippen LogP contribution in [0.1, 0.15) is 66.2 Å². The third-order valence-electron chi connectivity index (χ3n) is 10.4. The molecule has 1 aliphatic carbocycles. The van der Waals surface area contributed by atoms with Gasteiger partial charge in [0, 0.05) is 24.3 Å². The predicted octanol–water partition coefficient (Wildman–Crippen LogP) is 6.25. The lowest BCUT2D eigenvalue weighted by Crippen LogP contribution is -2.58.